The maximum atomic E-state index is 5.35. The van der Waals surface area contributed by atoms with E-state index in [0.29, 0.717) is 0 Å². The van der Waals surface area contributed by atoms with Crippen molar-refractivity contribution in [3.63, 3.8) is 0 Å². The molecule has 3 heteroatoms. The Hall–Kier alpha value is -0.120. The second-order valence-corrected chi connectivity index (χ2v) is 4.87. The molecule has 2 aliphatic rings. The second-order valence-electron chi connectivity index (χ2n) is 4.87. The molecule has 0 aromatic rings. The molecule has 0 aromatic heterocycles. The Balaban J connectivity index is 1.72. The Labute approximate surface area is 93.1 Å². The van der Waals surface area contributed by atoms with Gasteiger partial charge in [0.25, 0.3) is 0 Å². The molecule has 15 heavy (non-hydrogen) atoms. The molecule has 0 aromatic carbocycles. The Bertz CT molecular complexity index is 180. The van der Waals surface area contributed by atoms with Gasteiger partial charge in [-0.15, -0.1) is 0 Å². The summed E-state index contributed by atoms with van der Waals surface area (Å²) in [5.74, 6) is 0.956. The van der Waals surface area contributed by atoms with Gasteiger partial charge in [-0.05, 0) is 18.8 Å². The predicted octanol–water partition coefficient (Wildman–Crippen LogP) is 1.79. The van der Waals surface area contributed by atoms with Crippen molar-refractivity contribution in [2.24, 2.45) is 5.92 Å². The molecule has 2 fully saturated rings. The van der Waals surface area contributed by atoms with E-state index in [0.717, 1.165) is 38.3 Å². The number of hydrogen-bond donors (Lipinski definition) is 1. The number of ether oxygens (including phenoxy) is 1. The molecule has 2 unspecified atom stereocenters. The summed E-state index contributed by atoms with van der Waals surface area (Å²) in [5, 5.41) is 2.35. The summed E-state index contributed by atoms with van der Waals surface area (Å²) in [7, 11) is 0. The number of morpholine rings is 1. The van der Waals surface area contributed by atoms with Crippen LogP contribution in [0.15, 0.2) is 0 Å². The zero-order chi connectivity index (χ0) is 10.5. The van der Waals surface area contributed by atoms with E-state index in [9.17, 15) is 0 Å². The van der Waals surface area contributed by atoms with Crippen LogP contribution in [0, 0.1) is 5.92 Å². The minimum absolute atomic E-state index is 0.724. The first-order valence-electron chi connectivity index (χ1n) is 6.47. The normalized spacial score (nSPS) is 34.2. The van der Waals surface area contributed by atoms with Gasteiger partial charge in [-0.1, -0.05) is 26.2 Å². The molecular weight excluding hydrogens is 188 g/mol. The van der Waals surface area contributed by atoms with Gasteiger partial charge in [0.05, 0.1) is 13.2 Å². The van der Waals surface area contributed by atoms with Crippen molar-refractivity contribution in [2.75, 3.05) is 26.3 Å². The highest BCUT2D eigenvalue weighted by atomic mass is 16.5. The van der Waals surface area contributed by atoms with Gasteiger partial charge in [0.2, 0.25) is 0 Å². The number of nitrogens with one attached hydrogen (secondary N) is 1. The Kier molecular flexibility index (Phi) is 4.42. The molecule has 0 bridgehead atoms. The van der Waals surface area contributed by atoms with Gasteiger partial charge in [0.1, 0.15) is 0 Å². The van der Waals surface area contributed by atoms with Crippen LogP contribution in [0.3, 0.4) is 0 Å². The molecular formula is C12H24N2O. The lowest BCUT2D eigenvalue weighted by Gasteiger charge is -2.35. The van der Waals surface area contributed by atoms with Crippen molar-refractivity contribution >= 4 is 0 Å². The summed E-state index contributed by atoms with van der Waals surface area (Å²) in [6.45, 7) is 6.19. The molecule has 0 amide bonds. The Morgan fingerprint density at radius 3 is 2.80 bits per heavy atom. The molecule has 1 heterocycles. The van der Waals surface area contributed by atoms with E-state index < -0.39 is 0 Å². The summed E-state index contributed by atoms with van der Waals surface area (Å²) >= 11 is 0. The molecule has 3 nitrogen and oxygen atoms in total. The number of hydrogen-bond acceptors (Lipinski definition) is 3. The van der Waals surface area contributed by atoms with Crippen LogP contribution in [0.2, 0.25) is 0 Å². The van der Waals surface area contributed by atoms with Crippen LogP contribution in [-0.2, 0) is 4.74 Å². The summed E-state index contributed by atoms with van der Waals surface area (Å²) in [6, 6.07) is 0.724. The van der Waals surface area contributed by atoms with Crippen LogP contribution in [0.1, 0.15) is 39.0 Å². The van der Waals surface area contributed by atoms with Crippen molar-refractivity contribution < 1.29 is 4.74 Å². The van der Waals surface area contributed by atoms with Crippen LogP contribution in [0.5, 0.6) is 0 Å². The lowest BCUT2D eigenvalue weighted by atomic mass is 9.84. The van der Waals surface area contributed by atoms with Crippen LogP contribution in [0.4, 0.5) is 0 Å². The quantitative estimate of drug-likeness (QED) is 0.772. The maximum absolute atomic E-state index is 5.35. The van der Waals surface area contributed by atoms with E-state index in [1.165, 1.54) is 32.1 Å². The van der Waals surface area contributed by atoms with Gasteiger partial charge in [-0.2, -0.15) is 0 Å². The first-order valence-corrected chi connectivity index (χ1v) is 6.47. The van der Waals surface area contributed by atoms with E-state index in [1.54, 1.807) is 0 Å². The Morgan fingerprint density at radius 2 is 2.07 bits per heavy atom. The van der Waals surface area contributed by atoms with Crippen LogP contribution >= 0.6 is 0 Å². The smallest absolute Gasteiger partial charge is 0.0608 e. The fraction of sp³-hybridized carbons (Fsp3) is 1.00. The van der Waals surface area contributed by atoms with Crippen molar-refractivity contribution in [3.8, 4) is 0 Å². The summed E-state index contributed by atoms with van der Waals surface area (Å²) in [4.78, 5) is 0. The predicted molar refractivity (Wildman–Crippen MR) is 61.6 cm³/mol. The summed E-state index contributed by atoms with van der Waals surface area (Å²) in [6.07, 6.45) is 6.92. The van der Waals surface area contributed by atoms with Crippen molar-refractivity contribution in [1.82, 2.24) is 10.4 Å². The van der Waals surface area contributed by atoms with Gasteiger partial charge in [-0.3, -0.25) is 5.43 Å². The molecule has 0 radical (unpaired) electrons. The van der Waals surface area contributed by atoms with Crippen molar-refractivity contribution in [2.45, 2.75) is 45.1 Å². The van der Waals surface area contributed by atoms with Crippen LogP contribution < -0.4 is 5.43 Å². The molecule has 2 atom stereocenters. The van der Waals surface area contributed by atoms with Crippen LogP contribution in [-0.4, -0.2) is 37.4 Å². The zero-order valence-electron chi connectivity index (χ0n) is 9.87. The topological polar surface area (TPSA) is 24.5 Å². The Morgan fingerprint density at radius 1 is 1.27 bits per heavy atom. The first kappa shape index (κ1) is 11.4. The molecule has 1 N–H and O–H groups in total. The third-order valence-electron chi connectivity index (χ3n) is 3.74. The molecule has 1 aliphatic heterocycles. The monoisotopic (exact) mass is 212 g/mol. The lowest BCUT2D eigenvalue weighted by molar-refractivity contribution is -0.00199. The number of rotatable bonds is 3. The first-order chi connectivity index (χ1) is 7.38. The van der Waals surface area contributed by atoms with E-state index in [4.69, 9.17) is 4.74 Å². The standard InChI is InChI=1S/C12H24N2O/c1-2-11-4-3-5-12(10-11)13-14-6-8-15-9-7-14/h11-13H,2-10H2,1H3. The van der Waals surface area contributed by atoms with E-state index in [2.05, 4.69) is 17.4 Å². The van der Waals surface area contributed by atoms with Gasteiger partial charge >= 0.3 is 0 Å². The maximum Gasteiger partial charge on any atom is 0.0608 e. The van der Waals surface area contributed by atoms with E-state index >= 15 is 0 Å². The zero-order valence-corrected chi connectivity index (χ0v) is 9.87. The largest absolute Gasteiger partial charge is 0.379 e. The summed E-state index contributed by atoms with van der Waals surface area (Å²) < 4.78 is 5.35. The molecule has 88 valence electrons. The fourth-order valence-corrected chi connectivity index (χ4v) is 2.73. The van der Waals surface area contributed by atoms with Crippen molar-refractivity contribution in [3.05, 3.63) is 0 Å². The molecule has 1 saturated carbocycles. The highest BCUT2D eigenvalue weighted by Crippen LogP contribution is 2.26. The second kappa shape index (κ2) is 5.83. The average molecular weight is 212 g/mol. The summed E-state index contributed by atoms with van der Waals surface area (Å²) in [5.41, 5.74) is 3.68. The van der Waals surface area contributed by atoms with E-state index in [1.807, 2.05) is 0 Å². The fourth-order valence-electron chi connectivity index (χ4n) is 2.73. The van der Waals surface area contributed by atoms with Crippen LogP contribution in [0.25, 0.3) is 0 Å². The molecule has 1 saturated heterocycles. The third-order valence-corrected chi connectivity index (χ3v) is 3.74. The average Bonchev–Trinajstić information content (AvgIpc) is 2.31. The van der Waals surface area contributed by atoms with Gasteiger partial charge < -0.3 is 4.74 Å². The number of nitrogens with zero attached hydrogens (tertiary/aromatic N) is 1. The molecule has 1 aliphatic carbocycles. The highest BCUT2D eigenvalue weighted by Gasteiger charge is 2.22. The third kappa shape index (κ3) is 3.44. The minimum atomic E-state index is 0.724. The lowest BCUT2D eigenvalue weighted by Crippen LogP contribution is -2.51. The molecule has 0 spiro atoms. The minimum Gasteiger partial charge on any atom is -0.379 e. The highest BCUT2D eigenvalue weighted by molar-refractivity contribution is 4.77. The van der Waals surface area contributed by atoms with Gasteiger partial charge in [0.15, 0.2) is 0 Å². The van der Waals surface area contributed by atoms with Crippen molar-refractivity contribution in [1.29, 1.82) is 0 Å². The van der Waals surface area contributed by atoms with Gasteiger partial charge in [0, 0.05) is 19.1 Å². The van der Waals surface area contributed by atoms with Gasteiger partial charge in [-0.25, -0.2) is 5.01 Å². The SMILES string of the molecule is CCC1CCCC(NN2CCOCC2)C1. The van der Waals surface area contributed by atoms with E-state index in [-0.39, 0.29) is 0 Å². The number of hydrazine groups is 1. The molecule has 2 rings (SSSR count).